The summed E-state index contributed by atoms with van der Waals surface area (Å²) in [6, 6.07) is 0.458. The summed E-state index contributed by atoms with van der Waals surface area (Å²) in [4.78, 5) is 2.26. The molecule has 0 heterocycles. The number of rotatable bonds is 2. The van der Waals surface area contributed by atoms with Gasteiger partial charge in [0.15, 0.2) is 0 Å². The summed E-state index contributed by atoms with van der Waals surface area (Å²) < 4.78 is 0. The third-order valence-electron chi connectivity index (χ3n) is 2.66. The second-order valence-electron chi connectivity index (χ2n) is 4.24. The molecule has 2 N–H and O–H groups in total. The Hall–Kier alpha value is -0.0800. The maximum atomic E-state index is 5.93. The number of nitrogens with two attached hydrogens (primary N) is 1. The van der Waals surface area contributed by atoms with E-state index in [1.54, 1.807) is 0 Å². The van der Waals surface area contributed by atoms with Crippen molar-refractivity contribution in [2.45, 2.75) is 25.8 Å². The van der Waals surface area contributed by atoms with Gasteiger partial charge in [0.25, 0.3) is 0 Å². The Morgan fingerprint density at radius 1 is 1.36 bits per heavy atom. The first kappa shape index (κ1) is 9.01. The molecule has 0 aromatic heterocycles. The van der Waals surface area contributed by atoms with Crippen LogP contribution in [0.5, 0.6) is 0 Å². The van der Waals surface area contributed by atoms with Crippen LogP contribution in [0.3, 0.4) is 0 Å². The molecule has 11 heavy (non-hydrogen) atoms. The third kappa shape index (κ3) is 2.46. The summed E-state index contributed by atoms with van der Waals surface area (Å²) in [5, 5.41) is 0. The first-order chi connectivity index (χ1) is 5.09. The van der Waals surface area contributed by atoms with E-state index in [-0.39, 0.29) is 0 Å². The van der Waals surface area contributed by atoms with E-state index in [1.165, 1.54) is 19.4 Å². The van der Waals surface area contributed by atoms with Crippen LogP contribution in [0, 0.1) is 11.8 Å². The molecule has 1 aliphatic rings. The molecule has 0 aliphatic heterocycles. The minimum absolute atomic E-state index is 0.458. The van der Waals surface area contributed by atoms with Crippen molar-refractivity contribution in [3.8, 4) is 0 Å². The third-order valence-corrected chi connectivity index (χ3v) is 2.66. The minimum Gasteiger partial charge on any atom is -0.327 e. The Labute approximate surface area is 69.8 Å². The van der Waals surface area contributed by atoms with Gasteiger partial charge in [0.1, 0.15) is 0 Å². The summed E-state index contributed by atoms with van der Waals surface area (Å²) in [5.74, 6) is 1.58. The molecule has 3 atom stereocenters. The fourth-order valence-electron chi connectivity index (χ4n) is 2.08. The monoisotopic (exact) mass is 156 g/mol. The fraction of sp³-hybridized carbons (Fsp3) is 1.00. The largest absolute Gasteiger partial charge is 0.327 e. The van der Waals surface area contributed by atoms with E-state index in [4.69, 9.17) is 5.73 Å². The zero-order valence-corrected chi connectivity index (χ0v) is 7.88. The van der Waals surface area contributed by atoms with Crippen LogP contribution in [-0.4, -0.2) is 31.6 Å². The van der Waals surface area contributed by atoms with Gasteiger partial charge in [-0.2, -0.15) is 0 Å². The highest BCUT2D eigenvalue weighted by molar-refractivity contribution is 4.84. The second-order valence-corrected chi connectivity index (χ2v) is 4.24. The van der Waals surface area contributed by atoms with Crippen molar-refractivity contribution in [3.63, 3.8) is 0 Å². The molecule has 2 heteroatoms. The molecule has 66 valence electrons. The van der Waals surface area contributed by atoms with Crippen molar-refractivity contribution in [1.82, 2.24) is 4.90 Å². The highest BCUT2D eigenvalue weighted by Crippen LogP contribution is 2.29. The predicted molar refractivity (Wildman–Crippen MR) is 48.4 cm³/mol. The number of nitrogens with zero attached hydrogens (tertiary/aromatic N) is 1. The van der Waals surface area contributed by atoms with Crippen molar-refractivity contribution in [1.29, 1.82) is 0 Å². The first-order valence-electron chi connectivity index (χ1n) is 4.50. The van der Waals surface area contributed by atoms with Crippen molar-refractivity contribution in [3.05, 3.63) is 0 Å². The van der Waals surface area contributed by atoms with Gasteiger partial charge in [0.05, 0.1) is 0 Å². The summed E-state index contributed by atoms with van der Waals surface area (Å²) in [7, 11) is 4.27. The Balaban J connectivity index is 2.29. The van der Waals surface area contributed by atoms with Gasteiger partial charge < -0.3 is 10.6 Å². The van der Waals surface area contributed by atoms with Crippen LogP contribution < -0.4 is 5.73 Å². The highest BCUT2D eigenvalue weighted by Gasteiger charge is 2.28. The molecule has 0 saturated heterocycles. The molecule has 0 bridgehead atoms. The second kappa shape index (κ2) is 3.55. The van der Waals surface area contributed by atoms with E-state index < -0.39 is 0 Å². The van der Waals surface area contributed by atoms with Crippen LogP contribution in [0.2, 0.25) is 0 Å². The highest BCUT2D eigenvalue weighted by atomic mass is 15.1. The topological polar surface area (TPSA) is 29.3 Å². The summed E-state index contributed by atoms with van der Waals surface area (Å²) in [6.07, 6.45) is 2.54. The Morgan fingerprint density at radius 2 is 2.00 bits per heavy atom. The number of hydrogen-bond donors (Lipinski definition) is 1. The number of hydrogen-bond acceptors (Lipinski definition) is 2. The molecule has 3 unspecified atom stereocenters. The van der Waals surface area contributed by atoms with Crippen LogP contribution in [0.1, 0.15) is 19.8 Å². The van der Waals surface area contributed by atoms with Gasteiger partial charge in [-0.25, -0.2) is 0 Å². The van der Waals surface area contributed by atoms with E-state index in [1.807, 2.05) is 0 Å². The Kier molecular flexibility index (Phi) is 2.90. The Morgan fingerprint density at radius 3 is 2.36 bits per heavy atom. The SMILES string of the molecule is CC1CC(CN(C)C)CC1N. The molecule has 2 nitrogen and oxygen atoms in total. The Bertz CT molecular complexity index is 110. The van der Waals surface area contributed by atoms with Crippen molar-refractivity contribution >= 4 is 0 Å². The lowest BCUT2D eigenvalue weighted by atomic mass is 10.1. The lowest BCUT2D eigenvalue weighted by molar-refractivity contribution is 0.323. The average Bonchev–Trinajstić information content (AvgIpc) is 2.10. The van der Waals surface area contributed by atoms with E-state index >= 15 is 0 Å². The van der Waals surface area contributed by atoms with Gasteiger partial charge >= 0.3 is 0 Å². The van der Waals surface area contributed by atoms with Gasteiger partial charge in [-0.3, -0.25) is 0 Å². The van der Waals surface area contributed by atoms with Crippen LogP contribution in [0.25, 0.3) is 0 Å². The van der Waals surface area contributed by atoms with E-state index in [0.29, 0.717) is 6.04 Å². The van der Waals surface area contributed by atoms with Crippen LogP contribution >= 0.6 is 0 Å². The predicted octanol–water partition coefficient (Wildman–Crippen LogP) is 0.921. The molecule has 1 aliphatic carbocycles. The van der Waals surface area contributed by atoms with Gasteiger partial charge in [-0.15, -0.1) is 0 Å². The smallest absolute Gasteiger partial charge is 0.00677 e. The lowest BCUT2D eigenvalue weighted by Crippen LogP contribution is -2.23. The van der Waals surface area contributed by atoms with E-state index in [9.17, 15) is 0 Å². The van der Waals surface area contributed by atoms with Crippen LogP contribution in [-0.2, 0) is 0 Å². The molecular weight excluding hydrogens is 136 g/mol. The van der Waals surface area contributed by atoms with Gasteiger partial charge in [0, 0.05) is 12.6 Å². The standard InChI is InChI=1S/C9H20N2/c1-7-4-8(5-9(7)10)6-11(2)3/h7-9H,4-6,10H2,1-3H3. The fourth-order valence-corrected chi connectivity index (χ4v) is 2.08. The molecule has 0 aromatic carbocycles. The molecular formula is C9H20N2. The molecule has 1 saturated carbocycles. The molecule has 1 rings (SSSR count). The molecule has 0 radical (unpaired) electrons. The van der Waals surface area contributed by atoms with E-state index in [0.717, 1.165) is 11.8 Å². The zero-order valence-electron chi connectivity index (χ0n) is 7.88. The van der Waals surface area contributed by atoms with Gasteiger partial charge in [0.2, 0.25) is 0 Å². The van der Waals surface area contributed by atoms with Crippen LogP contribution in [0.4, 0.5) is 0 Å². The maximum absolute atomic E-state index is 5.93. The van der Waals surface area contributed by atoms with Crippen molar-refractivity contribution in [2.75, 3.05) is 20.6 Å². The molecule has 1 fully saturated rings. The molecule has 0 aromatic rings. The van der Waals surface area contributed by atoms with Crippen LogP contribution in [0.15, 0.2) is 0 Å². The summed E-state index contributed by atoms with van der Waals surface area (Å²) in [6.45, 7) is 3.47. The average molecular weight is 156 g/mol. The van der Waals surface area contributed by atoms with E-state index in [2.05, 4.69) is 25.9 Å². The molecule has 0 spiro atoms. The first-order valence-corrected chi connectivity index (χ1v) is 4.50. The van der Waals surface area contributed by atoms with Crippen molar-refractivity contribution < 1.29 is 0 Å². The molecule has 0 amide bonds. The summed E-state index contributed by atoms with van der Waals surface area (Å²) >= 11 is 0. The lowest BCUT2D eigenvalue weighted by Gasteiger charge is -2.15. The summed E-state index contributed by atoms with van der Waals surface area (Å²) in [5.41, 5.74) is 5.93. The van der Waals surface area contributed by atoms with Gasteiger partial charge in [-0.1, -0.05) is 6.92 Å². The minimum atomic E-state index is 0.458. The maximum Gasteiger partial charge on any atom is 0.00677 e. The van der Waals surface area contributed by atoms with Gasteiger partial charge in [-0.05, 0) is 38.8 Å². The zero-order chi connectivity index (χ0) is 8.43. The quantitative estimate of drug-likeness (QED) is 0.644. The van der Waals surface area contributed by atoms with Crippen molar-refractivity contribution in [2.24, 2.45) is 17.6 Å². The normalized spacial score (nSPS) is 38.5.